The molecule has 1 aromatic heterocycles. The fourth-order valence-corrected chi connectivity index (χ4v) is 6.47. The Morgan fingerprint density at radius 3 is 2.62 bits per heavy atom. The van der Waals surface area contributed by atoms with Crippen molar-refractivity contribution in [1.29, 1.82) is 0 Å². The average Bonchev–Trinajstić information content (AvgIpc) is 3.52. The van der Waals surface area contributed by atoms with Crippen LogP contribution >= 0.6 is 22.9 Å². The Hall–Kier alpha value is -3.68. The number of fused-ring (bicyclic) bond motifs is 2. The molecular formula is C29H23ClN2O4S. The third kappa shape index (κ3) is 3.90. The Kier molecular flexibility index (Phi) is 5.58. The summed E-state index contributed by atoms with van der Waals surface area (Å²) < 4.78 is 6.71. The highest BCUT2D eigenvalue weighted by Gasteiger charge is 2.48. The standard InChI is InChI=1S/C29H23ClN2O4S/c1-14-10-15(2)24-22(11-14)37-29(31-24)32-25(17-4-7-20(30)8-5-17)23(27(34)28(32)35)26(33)18-6-9-21-19(13-18)12-16(3)36-21/h4-11,13,16,25,33H,12H2,1-3H3/t16-,25+/m1/s1. The number of hydrogen-bond donors (Lipinski definition) is 1. The van der Waals surface area contributed by atoms with E-state index in [-0.39, 0.29) is 17.4 Å². The smallest absolute Gasteiger partial charge is 0.301 e. The SMILES string of the molecule is Cc1cc(C)c2nc(N3C(=O)C(=O)C(=C(O)c4ccc5c(c4)C[C@@H](C)O5)[C@@H]3c3ccc(Cl)cc3)sc2c1. The van der Waals surface area contributed by atoms with E-state index in [2.05, 4.69) is 0 Å². The van der Waals surface area contributed by atoms with E-state index in [9.17, 15) is 14.7 Å². The van der Waals surface area contributed by atoms with Gasteiger partial charge in [-0.2, -0.15) is 0 Å². The second-order valence-electron chi connectivity index (χ2n) is 9.60. The summed E-state index contributed by atoms with van der Waals surface area (Å²) in [4.78, 5) is 33.2. The number of thiazole rings is 1. The molecule has 0 aliphatic carbocycles. The van der Waals surface area contributed by atoms with Crippen LogP contribution in [0.5, 0.6) is 5.75 Å². The number of carbonyl (C=O) groups is 2. The molecule has 4 aromatic rings. The van der Waals surface area contributed by atoms with Crippen LogP contribution in [0.2, 0.25) is 5.02 Å². The van der Waals surface area contributed by atoms with E-state index in [1.54, 1.807) is 36.4 Å². The predicted octanol–water partition coefficient (Wildman–Crippen LogP) is 6.52. The summed E-state index contributed by atoms with van der Waals surface area (Å²) in [6.45, 7) is 5.96. The first kappa shape index (κ1) is 23.7. The lowest BCUT2D eigenvalue weighted by Crippen LogP contribution is -2.29. The molecule has 0 bridgehead atoms. The van der Waals surface area contributed by atoms with Gasteiger partial charge in [0.05, 0.1) is 21.8 Å². The molecule has 2 atom stereocenters. The van der Waals surface area contributed by atoms with Crippen LogP contribution in [0, 0.1) is 13.8 Å². The van der Waals surface area contributed by atoms with Crippen molar-refractivity contribution >= 4 is 55.7 Å². The molecule has 1 amide bonds. The molecule has 2 aliphatic heterocycles. The first-order valence-electron chi connectivity index (χ1n) is 12.0. The summed E-state index contributed by atoms with van der Waals surface area (Å²) in [6.07, 6.45) is 0.744. The lowest BCUT2D eigenvalue weighted by molar-refractivity contribution is -0.132. The van der Waals surface area contributed by atoms with Gasteiger partial charge in [-0.25, -0.2) is 4.98 Å². The number of hydrogen-bond acceptors (Lipinski definition) is 6. The number of halogens is 1. The number of aliphatic hydroxyl groups excluding tert-OH is 1. The highest BCUT2D eigenvalue weighted by atomic mass is 35.5. The Labute approximate surface area is 222 Å². The summed E-state index contributed by atoms with van der Waals surface area (Å²) in [5.74, 6) is -0.946. The number of Topliss-reactive ketones (excluding diaryl/α,β-unsaturated/α-hetero) is 1. The molecule has 6 nitrogen and oxygen atoms in total. The van der Waals surface area contributed by atoms with Gasteiger partial charge in [-0.1, -0.05) is 41.1 Å². The molecule has 37 heavy (non-hydrogen) atoms. The predicted molar refractivity (Wildman–Crippen MR) is 146 cm³/mol. The number of nitrogens with zero attached hydrogens (tertiary/aromatic N) is 2. The van der Waals surface area contributed by atoms with Crippen molar-refractivity contribution in [3.8, 4) is 5.75 Å². The number of aryl methyl sites for hydroxylation is 2. The summed E-state index contributed by atoms with van der Waals surface area (Å²) in [7, 11) is 0. The van der Waals surface area contributed by atoms with E-state index in [1.165, 1.54) is 16.2 Å². The van der Waals surface area contributed by atoms with Gasteiger partial charge in [-0.3, -0.25) is 14.5 Å². The minimum Gasteiger partial charge on any atom is -0.507 e. The van der Waals surface area contributed by atoms with Crippen LogP contribution in [0.3, 0.4) is 0 Å². The van der Waals surface area contributed by atoms with Gasteiger partial charge in [0.1, 0.15) is 17.6 Å². The first-order valence-corrected chi connectivity index (χ1v) is 13.1. The molecule has 3 aromatic carbocycles. The van der Waals surface area contributed by atoms with E-state index >= 15 is 0 Å². The lowest BCUT2D eigenvalue weighted by atomic mass is 9.94. The van der Waals surface area contributed by atoms with Crippen molar-refractivity contribution < 1.29 is 19.4 Å². The normalized spacial score (nSPS) is 20.5. The monoisotopic (exact) mass is 530 g/mol. The fraction of sp³-hybridized carbons (Fsp3) is 0.207. The third-order valence-electron chi connectivity index (χ3n) is 6.82. The zero-order chi connectivity index (χ0) is 26.0. The third-order valence-corrected chi connectivity index (χ3v) is 8.08. The molecule has 186 valence electrons. The van der Waals surface area contributed by atoms with Crippen molar-refractivity contribution in [2.24, 2.45) is 0 Å². The second kappa shape index (κ2) is 8.71. The van der Waals surface area contributed by atoms with E-state index < -0.39 is 17.7 Å². The topological polar surface area (TPSA) is 79.7 Å². The van der Waals surface area contributed by atoms with Crippen LogP contribution in [0.1, 0.15) is 40.8 Å². The van der Waals surface area contributed by atoms with Crippen molar-refractivity contribution in [2.45, 2.75) is 39.3 Å². The second-order valence-corrected chi connectivity index (χ2v) is 11.0. The first-order chi connectivity index (χ1) is 17.7. The van der Waals surface area contributed by atoms with Crippen molar-refractivity contribution in [3.63, 3.8) is 0 Å². The molecule has 0 saturated carbocycles. The summed E-state index contributed by atoms with van der Waals surface area (Å²) in [5.41, 5.74) is 4.95. The number of ketones is 1. The Balaban J connectivity index is 1.54. The van der Waals surface area contributed by atoms with Gasteiger partial charge >= 0.3 is 5.91 Å². The van der Waals surface area contributed by atoms with Crippen molar-refractivity contribution in [3.05, 3.63) is 93.0 Å². The van der Waals surface area contributed by atoms with E-state index in [0.717, 1.165) is 32.7 Å². The average molecular weight is 531 g/mol. The van der Waals surface area contributed by atoms with Gasteiger partial charge in [-0.15, -0.1) is 0 Å². The molecule has 6 rings (SSSR count). The number of amides is 1. The summed E-state index contributed by atoms with van der Waals surface area (Å²) in [5, 5.41) is 12.4. The number of benzene rings is 3. The Morgan fingerprint density at radius 1 is 1.11 bits per heavy atom. The largest absolute Gasteiger partial charge is 0.507 e. The Bertz CT molecular complexity index is 1640. The maximum absolute atomic E-state index is 13.5. The molecule has 0 spiro atoms. The molecule has 2 aliphatic rings. The highest BCUT2D eigenvalue weighted by molar-refractivity contribution is 7.22. The zero-order valence-electron chi connectivity index (χ0n) is 20.4. The number of rotatable bonds is 3. The molecule has 3 heterocycles. The molecule has 1 saturated heterocycles. The van der Waals surface area contributed by atoms with Gasteiger partial charge in [0, 0.05) is 17.0 Å². The van der Waals surface area contributed by atoms with Crippen LogP contribution in [0.4, 0.5) is 5.13 Å². The van der Waals surface area contributed by atoms with Crippen LogP contribution in [-0.4, -0.2) is 27.9 Å². The lowest BCUT2D eigenvalue weighted by Gasteiger charge is -2.23. The highest BCUT2D eigenvalue weighted by Crippen LogP contribution is 2.45. The van der Waals surface area contributed by atoms with E-state index in [4.69, 9.17) is 21.3 Å². The molecule has 0 unspecified atom stereocenters. The van der Waals surface area contributed by atoms with Gasteiger partial charge in [0.25, 0.3) is 5.78 Å². The van der Waals surface area contributed by atoms with E-state index in [0.29, 0.717) is 27.7 Å². The molecule has 1 fully saturated rings. The number of carbonyl (C=O) groups excluding carboxylic acids is 2. The number of anilines is 1. The quantitative estimate of drug-likeness (QED) is 0.185. The fourth-order valence-electron chi connectivity index (χ4n) is 5.18. The number of aliphatic hydroxyl groups is 1. The molecule has 1 N–H and O–H groups in total. The molecule has 0 radical (unpaired) electrons. The minimum absolute atomic E-state index is 0.0198. The van der Waals surface area contributed by atoms with Crippen molar-refractivity contribution in [2.75, 3.05) is 4.90 Å². The van der Waals surface area contributed by atoms with Crippen molar-refractivity contribution in [1.82, 2.24) is 4.98 Å². The number of aromatic nitrogens is 1. The Morgan fingerprint density at radius 2 is 1.86 bits per heavy atom. The van der Waals surface area contributed by atoms with Gasteiger partial charge in [0.15, 0.2) is 5.13 Å². The van der Waals surface area contributed by atoms with Gasteiger partial charge in [-0.05, 0) is 79.4 Å². The van der Waals surface area contributed by atoms with E-state index in [1.807, 2.05) is 39.0 Å². The maximum atomic E-state index is 13.5. The molecule has 8 heteroatoms. The van der Waals surface area contributed by atoms with Crippen LogP contribution in [0.15, 0.2) is 60.2 Å². The van der Waals surface area contributed by atoms with Crippen LogP contribution in [0.25, 0.3) is 16.0 Å². The van der Waals surface area contributed by atoms with Crippen LogP contribution in [-0.2, 0) is 16.0 Å². The molecular weight excluding hydrogens is 508 g/mol. The van der Waals surface area contributed by atoms with Gasteiger partial charge < -0.3 is 9.84 Å². The summed E-state index contributed by atoms with van der Waals surface area (Å²) in [6, 6.07) is 15.5. The van der Waals surface area contributed by atoms with Gasteiger partial charge in [0.2, 0.25) is 0 Å². The number of ether oxygens (including phenoxy) is 1. The zero-order valence-corrected chi connectivity index (χ0v) is 22.0. The maximum Gasteiger partial charge on any atom is 0.301 e. The van der Waals surface area contributed by atoms with Crippen LogP contribution < -0.4 is 9.64 Å². The minimum atomic E-state index is -0.859. The summed E-state index contributed by atoms with van der Waals surface area (Å²) >= 11 is 7.50.